The molecule has 0 unspecified atom stereocenters. The Morgan fingerprint density at radius 1 is 1.08 bits per heavy atom. The Morgan fingerprint density at radius 3 is 2.42 bits per heavy atom. The van der Waals surface area contributed by atoms with E-state index in [0.29, 0.717) is 24.6 Å². The molecule has 0 saturated carbocycles. The molecule has 0 atom stereocenters. The topological polar surface area (TPSA) is 61.3 Å². The second kappa shape index (κ2) is 8.90. The molecule has 0 aliphatic rings. The predicted octanol–water partition coefficient (Wildman–Crippen LogP) is 0.808. The van der Waals surface area contributed by atoms with Gasteiger partial charge in [0.25, 0.3) is 0 Å². The standard InChI is InChI=1S/C8H18N2OS/c9-5-2-1-3-7-11-8(12)4-6-10/h1-7,9-10H2. The maximum absolute atomic E-state index is 5.34. The number of hydrogen-bond acceptors (Lipinski definition) is 4. The molecule has 72 valence electrons. The lowest BCUT2D eigenvalue weighted by atomic mass is 10.2. The molecule has 0 amide bonds. The van der Waals surface area contributed by atoms with Crippen LogP contribution in [-0.2, 0) is 4.74 Å². The first-order valence-corrected chi connectivity index (χ1v) is 4.78. The molecule has 0 spiro atoms. The van der Waals surface area contributed by atoms with Gasteiger partial charge < -0.3 is 16.2 Å². The molecule has 0 saturated heterocycles. The van der Waals surface area contributed by atoms with E-state index in [0.717, 1.165) is 25.8 Å². The lowest BCUT2D eigenvalue weighted by Crippen LogP contribution is -2.10. The second-order valence-corrected chi connectivity index (χ2v) is 3.06. The molecule has 12 heavy (non-hydrogen) atoms. The van der Waals surface area contributed by atoms with Crippen LogP contribution < -0.4 is 11.5 Å². The molecule has 0 fully saturated rings. The average Bonchev–Trinajstić information content (AvgIpc) is 2.05. The minimum Gasteiger partial charge on any atom is -0.487 e. The first kappa shape index (κ1) is 11.8. The molecule has 0 heterocycles. The number of ether oxygens (including phenoxy) is 1. The van der Waals surface area contributed by atoms with Crippen molar-refractivity contribution in [2.75, 3.05) is 19.7 Å². The lowest BCUT2D eigenvalue weighted by molar-refractivity contribution is 0.293. The molecule has 0 aromatic heterocycles. The smallest absolute Gasteiger partial charge is 0.160 e. The monoisotopic (exact) mass is 190 g/mol. The number of hydrogen-bond donors (Lipinski definition) is 2. The third-order valence-corrected chi connectivity index (χ3v) is 1.78. The first-order chi connectivity index (χ1) is 5.81. The normalized spacial score (nSPS) is 9.83. The Balaban J connectivity index is 3.03. The number of thiocarbonyl (C=S) groups is 1. The molecule has 3 nitrogen and oxygen atoms in total. The van der Waals surface area contributed by atoms with E-state index in [1.807, 2.05) is 0 Å². The summed E-state index contributed by atoms with van der Waals surface area (Å²) in [6, 6.07) is 0. The van der Waals surface area contributed by atoms with E-state index in [1.165, 1.54) is 0 Å². The van der Waals surface area contributed by atoms with Crippen LogP contribution in [0.1, 0.15) is 25.7 Å². The van der Waals surface area contributed by atoms with E-state index in [9.17, 15) is 0 Å². The second-order valence-electron chi connectivity index (χ2n) is 2.61. The summed E-state index contributed by atoms with van der Waals surface area (Å²) in [5.41, 5.74) is 10.6. The van der Waals surface area contributed by atoms with Crippen LogP contribution in [0.5, 0.6) is 0 Å². The molecule has 4 N–H and O–H groups in total. The Morgan fingerprint density at radius 2 is 1.83 bits per heavy atom. The van der Waals surface area contributed by atoms with Crippen molar-refractivity contribution in [1.29, 1.82) is 0 Å². The summed E-state index contributed by atoms with van der Waals surface area (Å²) in [4.78, 5) is 0. The highest BCUT2D eigenvalue weighted by atomic mass is 32.1. The molecule has 0 bridgehead atoms. The molecule has 0 radical (unpaired) electrons. The Bertz CT molecular complexity index is 120. The number of rotatable bonds is 7. The van der Waals surface area contributed by atoms with Crippen LogP contribution in [0, 0.1) is 0 Å². The predicted molar refractivity (Wildman–Crippen MR) is 55.1 cm³/mol. The SMILES string of the molecule is NCCCCCOC(=S)CCN. The quantitative estimate of drug-likeness (QED) is 0.460. The van der Waals surface area contributed by atoms with Gasteiger partial charge in [0.1, 0.15) is 0 Å². The fraction of sp³-hybridized carbons (Fsp3) is 0.875. The van der Waals surface area contributed by atoms with Crippen molar-refractivity contribution in [3.05, 3.63) is 0 Å². The van der Waals surface area contributed by atoms with Gasteiger partial charge in [0.2, 0.25) is 0 Å². The maximum Gasteiger partial charge on any atom is 0.160 e. The van der Waals surface area contributed by atoms with Gasteiger partial charge in [-0.25, -0.2) is 0 Å². The molecule has 0 aromatic carbocycles. The summed E-state index contributed by atoms with van der Waals surface area (Å²) >= 11 is 4.90. The Hall–Kier alpha value is -0.190. The number of nitrogens with two attached hydrogens (primary N) is 2. The van der Waals surface area contributed by atoms with Crippen molar-refractivity contribution in [2.45, 2.75) is 25.7 Å². The number of unbranched alkanes of at least 4 members (excludes halogenated alkanes) is 2. The zero-order valence-electron chi connectivity index (χ0n) is 7.42. The Labute approximate surface area is 79.4 Å². The highest BCUT2D eigenvalue weighted by Gasteiger charge is 1.94. The minimum atomic E-state index is 0.571. The van der Waals surface area contributed by atoms with Crippen LogP contribution >= 0.6 is 12.2 Å². The lowest BCUT2D eigenvalue weighted by Gasteiger charge is -2.05. The van der Waals surface area contributed by atoms with E-state index < -0.39 is 0 Å². The molecular formula is C8H18N2OS. The van der Waals surface area contributed by atoms with Gasteiger partial charge in [-0.2, -0.15) is 0 Å². The third kappa shape index (κ3) is 7.91. The highest BCUT2D eigenvalue weighted by Crippen LogP contribution is 1.96. The molecular weight excluding hydrogens is 172 g/mol. The summed E-state index contributed by atoms with van der Waals surface area (Å²) in [5.74, 6) is 0. The van der Waals surface area contributed by atoms with Gasteiger partial charge in [-0.05, 0) is 38.0 Å². The van der Waals surface area contributed by atoms with Crippen LogP contribution in [0.25, 0.3) is 0 Å². The van der Waals surface area contributed by atoms with Crippen molar-refractivity contribution in [3.63, 3.8) is 0 Å². The van der Waals surface area contributed by atoms with Crippen LogP contribution in [0.2, 0.25) is 0 Å². The zero-order valence-corrected chi connectivity index (χ0v) is 8.24. The van der Waals surface area contributed by atoms with E-state index in [1.54, 1.807) is 0 Å². The highest BCUT2D eigenvalue weighted by molar-refractivity contribution is 7.80. The summed E-state index contributed by atoms with van der Waals surface area (Å²) in [5, 5.41) is 0.630. The largest absolute Gasteiger partial charge is 0.487 e. The van der Waals surface area contributed by atoms with Crippen molar-refractivity contribution >= 4 is 17.3 Å². The summed E-state index contributed by atoms with van der Waals surface area (Å²) in [6.45, 7) is 2.04. The van der Waals surface area contributed by atoms with Crippen molar-refractivity contribution in [2.24, 2.45) is 11.5 Å². The van der Waals surface area contributed by atoms with E-state index in [4.69, 9.17) is 28.4 Å². The summed E-state index contributed by atoms with van der Waals surface area (Å²) in [6.07, 6.45) is 3.89. The fourth-order valence-electron chi connectivity index (χ4n) is 0.799. The van der Waals surface area contributed by atoms with Gasteiger partial charge in [-0.15, -0.1) is 0 Å². The van der Waals surface area contributed by atoms with Gasteiger partial charge in [0, 0.05) is 13.0 Å². The molecule has 0 aromatic rings. The van der Waals surface area contributed by atoms with Gasteiger partial charge in [-0.3, -0.25) is 0 Å². The fourth-order valence-corrected chi connectivity index (χ4v) is 1.00. The van der Waals surface area contributed by atoms with Crippen LogP contribution in [-0.4, -0.2) is 24.7 Å². The van der Waals surface area contributed by atoms with E-state index in [-0.39, 0.29) is 0 Å². The van der Waals surface area contributed by atoms with Crippen LogP contribution in [0.3, 0.4) is 0 Å². The molecule has 0 aliphatic carbocycles. The van der Waals surface area contributed by atoms with Gasteiger partial charge >= 0.3 is 0 Å². The first-order valence-electron chi connectivity index (χ1n) is 4.37. The van der Waals surface area contributed by atoms with Crippen molar-refractivity contribution < 1.29 is 4.74 Å². The van der Waals surface area contributed by atoms with Crippen LogP contribution in [0.15, 0.2) is 0 Å². The maximum atomic E-state index is 5.34. The van der Waals surface area contributed by atoms with Gasteiger partial charge in [0.05, 0.1) is 6.61 Å². The van der Waals surface area contributed by atoms with E-state index in [2.05, 4.69) is 0 Å². The summed E-state index contributed by atoms with van der Waals surface area (Å²) in [7, 11) is 0. The molecule has 4 heteroatoms. The van der Waals surface area contributed by atoms with Gasteiger partial charge in [0.15, 0.2) is 5.05 Å². The van der Waals surface area contributed by atoms with Crippen molar-refractivity contribution in [3.8, 4) is 0 Å². The van der Waals surface area contributed by atoms with Gasteiger partial charge in [-0.1, -0.05) is 0 Å². The van der Waals surface area contributed by atoms with Crippen molar-refractivity contribution in [1.82, 2.24) is 0 Å². The third-order valence-electron chi connectivity index (χ3n) is 1.46. The molecule has 0 rings (SSSR count). The van der Waals surface area contributed by atoms with Crippen LogP contribution in [0.4, 0.5) is 0 Å². The van der Waals surface area contributed by atoms with E-state index >= 15 is 0 Å². The zero-order chi connectivity index (χ0) is 9.23. The molecule has 0 aliphatic heterocycles. The average molecular weight is 190 g/mol. The summed E-state index contributed by atoms with van der Waals surface area (Å²) < 4.78 is 5.24. The Kier molecular flexibility index (Phi) is 8.76. The minimum absolute atomic E-state index is 0.571.